The summed E-state index contributed by atoms with van der Waals surface area (Å²) in [4.78, 5) is 4.29. The molecule has 0 aliphatic rings. The lowest BCUT2D eigenvalue weighted by molar-refractivity contribution is -0.111. The fourth-order valence-corrected chi connectivity index (χ4v) is 1.43. The van der Waals surface area contributed by atoms with E-state index in [9.17, 15) is 0 Å². The van der Waals surface area contributed by atoms with Gasteiger partial charge in [-0.1, -0.05) is 5.57 Å². The van der Waals surface area contributed by atoms with Gasteiger partial charge in [-0.3, -0.25) is 4.99 Å². The van der Waals surface area contributed by atoms with Crippen molar-refractivity contribution in [1.82, 2.24) is 0 Å². The van der Waals surface area contributed by atoms with E-state index in [-0.39, 0.29) is 6.29 Å². The average molecular weight is 253 g/mol. The van der Waals surface area contributed by atoms with Crippen molar-refractivity contribution in [2.75, 3.05) is 19.8 Å². The first-order chi connectivity index (χ1) is 8.56. The maximum atomic E-state index is 5.57. The Morgan fingerprint density at radius 1 is 1.06 bits per heavy atom. The molecule has 3 nitrogen and oxygen atoms in total. The molecule has 0 radical (unpaired) electrons. The van der Waals surface area contributed by atoms with E-state index < -0.39 is 0 Å². The van der Waals surface area contributed by atoms with Gasteiger partial charge >= 0.3 is 0 Å². The molecule has 0 aliphatic carbocycles. The number of nitrogens with zero attached hydrogens (tertiary/aromatic N) is 1. The van der Waals surface area contributed by atoms with Crippen molar-refractivity contribution in [3.63, 3.8) is 0 Å². The smallest absolute Gasteiger partial charge is 0.179 e. The predicted molar refractivity (Wildman–Crippen MR) is 78.2 cm³/mol. The molecule has 0 atom stereocenters. The van der Waals surface area contributed by atoms with E-state index in [0.717, 1.165) is 17.7 Å². The standard InChI is InChI=1S/C15H27NO2/c1-7-16-11-14(12(4)5)10-13(6)15(17-8-2)18-9-3/h10-11,15H,7-9H2,1-6H3/b13-10+,16-11?. The summed E-state index contributed by atoms with van der Waals surface area (Å²) in [7, 11) is 0. The first kappa shape index (κ1) is 17.1. The third kappa shape index (κ3) is 6.72. The Bertz CT molecular complexity index is 306. The molecule has 0 fully saturated rings. The lowest BCUT2D eigenvalue weighted by Crippen LogP contribution is -2.18. The Hall–Kier alpha value is -0.930. The quantitative estimate of drug-likeness (QED) is 0.374. The van der Waals surface area contributed by atoms with Crippen molar-refractivity contribution in [3.8, 4) is 0 Å². The molecule has 0 spiro atoms. The Morgan fingerprint density at radius 2 is 1.61 bits per heavy atom. The molecule has 0 aromatic carbocycles. The minimum absolute atomic E-state index is 0.260. The van der Waals surface area contributed by atoms with Gasteiger partial charge in [0.2, 0.25) is 0 Å². The van der Waals surface area contributed by atoms with E-state index >= 15 is 0 Å². The molecule has 0 saturated heterocycles. The summed E-state index contributed by atoms with van der Waals surface area (Å²) in [5.41, 5.74) is 3.43. The summed E-state index contributed by atoms with van der Waals surface area (Å²) < 4.78 is 11.1. The summed E-state index contributed by atoms with van der Waals surface area (Å²) in [6.45, 7) is 14.2. The van der Waals surface area contributed by atoms with Crippen LogP contribution in [0.3, 0.4) is 0 Å². The molecule has 0 unspecified atom stereocenters. The van der Waals surface area contributed by atoms with E-state index in [0.29, 0.717) is 13.2 Å². The summed E-state index contributed by atoms with van der Waals surface area (Å²) in [6, 6.07) is 0. The van der Waals surface area contributed by atoms with Crippen LogP contribution in [0.25, 0.3) is 0 Å². The van der Waals surface area contributed by atoms with Gasteiger partial charge in [-0.25, -0.2) is 0 Å². The van der Waals surface area contributed by atoms with Gasteiger partial charge in [-0.15, -0.1) is 0 Å². The predicted octanol–water partition coefficient (Wildman–Crippen LogP) is 3.76. The molecule has 0 aliphatic heterocycles. The van der Waals surface area contributed by atoms with Crippen LogP contribution in [-0.2, 0) is 9.47 Å². The number of rotatable bonds is 8. The van der Waals surface area contributed by atoms with Crippen molar-refractivity contribution in [2.45, 2.75) is 47.8 Å². The Morgan fingerprint density at radius 3 is 2.00 bits per heavy atom. The van der Waals surface area contributed by atoms with E-state index in [4.69, 9.17) is 9.47 Å². The molecule has 3 heteroatoms. The molecule has 0 N–H and O–H groups in total. The van der Waals surface area contributed by atoms with Crippen LogP contribution in [0.1, 0.15) is 41.5 Å². The average Bonchev–Trinajstić information content (AvgIpc) is 2.33. The molecule has 104 valence electrons. The zero-order chi connectivity index (χ0) is 14.0. The Balaban J connectivity index is 4.97. The van der Waals surface area contributed by atoms with Gasteiger partial charge in [0.15, 0.2) is 6.29 Å². The van der Waals surface area contributed by atoms with Gasteiger partial charge in [0.25, 0.3) is 0 Å². The molecule has 18 heavy (non-hydrogen) atoms. The molecular formula is C15H27NO2. The monoisotopic (exact) mass is 253 g/mol. The van der Waals surface area contributed by atoms with Crippen molar-refractivity contribution < 1.29 is 9.47 Å². The highest BCUT2D eigenvalue weighted by Gasteiger charge is 2.10. The minimum Gasteiger partial charge on any atom is -0.349 e. The first-order valence-corrected chi connectivity index (χ1v) is 6.65. The molecule has 0 heterocycles. The van der Waals surface area contributed by atoms with Crippen molar-refractivity contribution in [2.24, 2.45) is 4.99 Å². The van der Waals surface area contributed by atoms with Gasteiger partial charge in [-0.2, -0.15) is 0 Å². The minimum atomic E-state index is -0.260. The normalized spacial score (nSPS) is 12.5. The summed E-state index contributed by atoms with van der Waals surface area (Å²) in [6.07, 6.45) is 3.74. The summed E-state index contributed by atoms with van der Waals surface area (Å²) >= 11 is 0. The first-order valence-electron chi connectivity index (χ1n) is 6.65. The fourth-order valence-electron chi connectivity index (χ4n) is 1.43. The highest BCUT2D eigenvalue weighted by molar-refractivity contribution is 5.83. The largest absolute Gasteiger partial charge is 0.349 e. The van der Waals surface area contributed by atoms with Crippen molar-refractivity contribution >= 4 is 6.21 Å². The maximum absolute atomic E-state index is 5.57. The van der Waals surface area contributed by atoms with Crippen LogP contribution in [-0.4, -0.2) is 32.3 Å². The van der Waals surface area contributed by atoms with Crippen LogP contribution in [0.15, 0.2) is 27.8 Å². The second-order valence-corrected chi connectivity index (χ2v) is 4.21. The SMILES string of the molecule is CCN=CC(/C=C(\C)C(OCC)OCC)=C(C)C. The number of aliphatic imine (C=N–C) groups is 1. The van der Waals surface area contributed by atoms with E-state index in [1.54, 1.807) is 0 Å². The molecule has 0 amide bonds. The van der Waals surface area contributed by atoms with Crippen LogP contribution in [0, 0.1) is 0 Å². The zero-order valence-corrected chi connectivity index (χ0v) is 12.6. The van der Waals surface area contributed by atoms with Gasteiger partial charge in [-0.05, 0) is 58.8 Å². The van der Waals surface area contributed by atoms with Crippen LogP contribution in [0.5, 0.6) is 0 Å². The maximum Gasteiger partial charge on any atom is 0.179 e. The number of allylic oxidation sites excluding steroid dienone is 3. The van der Waals surface area contributed by atoms with Crippen molar-refractivity contribution in [1.29, 1.82) is 0 Å². The summed E-state index contributed by atoms with van der Waals surface area (Å²) in [5, 5.41) is 0. The van der Waals surface area contributed by atoms with Gasteiger partial charge in [0.1, 0.15) is 0 Å². The molecule has 0 aromatic heterocycles. The van der Waals surface area contributed by atoms with Gasteiger partial charge < -0.3 is 9.47 Å². The van der Waals surface area contributed by atoms with Crippen LogP contribution < -0.4 is 0 Å². The zero-order valence-electron chi connectivity index (χ0n) is 12.6. The fraction of sp³-hybridized carbons (Fsp3) is 0.667. The highest BCUT2D eigenvalue weighted by atomic mass is 16.7. The third-order valence-electron chi connectivity index (χ3n) is 2.38. The Labute approximate surface area is 112 Å². The molecule has 0 rings (SSSR count). The number of hydrogen-bond acceptors (Lipinski definition) is 3. The van der Waals surface area contributed by atoms with E-state index in [1.165, 1.54) is 5.57 Å². The molecular weight excluding hydrogens is 226 g/mol. The van der Waals surface area contributed by atoms with E-state index in [2.05, 4.69) is 24.9 Å². The highest BCUT2D eigenvalue weighted by Crippen LogP contribution is 2.13. The van der Waals surface area contributed by atoms with Gasteiger partial charge in [0, 0.05) is 26.0 Å². The number of hydrogen-bond donors (Lipinski definition) is 0. The third-order valence-corrected chi connectivity index (χ3v) is 2.38. The second-order valence-electron chi connectivity index (χ2n) is 4.21. The molecule has 0 bridgehead atoms. The molecule has 0 aromatic rings. The molecule has 0 saturated carbocycles. The van der Waals surface area contributed by atoms with Crippen molar-refractivity contribution in [3.05, 3.63) is 22.8 Å². The van der Waals surface area contributed by atoms with Crippen LogP contribution >= 0.6 is 0 Å². The van der Waals surface area contributed by atoms with Crippen LogP contribution in [0.2, 0.25) is 0 Å². The second kappa shape index (κ2) is 10.0. The van der Waals surface area contributed by atoms with Crippen LogP contribution in [0.4, 0.5) is 0 Å². The topological polar surface area (TPSA) is 30.8 Å². The number of ether oxygens (including phenoxy) is 2. The van der Waals surface area contributed by atoms with Gasteiger partial charge in [0.05, 0.1) is 0 Å². The lowest BCUT2D eigenvalue weighted by Gasteiger charge is -2.18. The Kier molecular flexibility index (Phi) is 9.52. The lowest BCUT2D eigenvalue weighted by atomic mass is 10.1. The van der Waals surface area contributed by atoms with E-state index in [1.807, 2.05) is 33.9 Å². The summed E-state index contributed by atoms with van der Waals surface area (Å²) in [5.74, 6) is 0.